The molecule has 1 aliphatic heterocycles. The molecule has 6 heteroatoms. The predicted octanol–water partition coefficient (Wildman–Crippen LogP) is 0.775. The summed E-state index contributed by atoms with van der Waals surface area (Å²) in [4.78, 5) is 25.2. The Kier molecular flexibility index (Phi) is 3.98. The number of benzene rings is 1. The van der Waals surface area contributed by atoms with Gasteiger partial charge in [-0.15, -0.1) is 0 Å². The fraction of sp³-hybridized carbons (Fsp3) is 0.333. The standard InChI is InChI=1S/C12H13BrN2O3/c13-9-4-2-1-3-8(9)12(17)15-5-6-18-7-10(15)11(14)16/h1-4,10H,5-7H2,(H2,14,16). The number of amides is 2. The highest BCUT2D eigenvalue weighted by molar-refractivity contribution is 9.10. The minimum atomic E-state index is -0.696. The Labute approximate surface area is 113 Å². The molecule has 2 rings (SSSR count). The van der Waals surface area contributed by atoms with Gasteiger partial charge in [0.15, 0.2) is 0 Å². The van der Waals surface area contributed by atoms with Crippen molar-refractivity contribution in [1.82, 2.24) is 4.90 Å². The van der Waals surface area contributed by atoms with Crippen LogP contribution < -0.4 is 5.73 Å². The Morgan fingerprint density at radius 1 is 1.39 bits per heavy atom. The van der Waals surface area contributed by atoms with E-state index in [1.54, 1.807) is 18.2 Å². The second-order valence-corrected chi connectivity index (χ2v) is 4.83. The summed E-state index contributed by atoms with van der Waals surface area (Å²) in [5.41, 5.74) is 5.81. The molecule has 1 saturated heterocycles. The molecule has 0 aromatic heterocycles. The summed E-state index contributed by atoms with van der Waals surface area (Å²) >= 11 is 3.33. The molecule has 2 N–H and O–H groups in total. The van der Waals surface area contributed by atoms with Gasteiger partial charge in [-0.1, -0.05) is 12.1 Å². The first-order valence-electron chi connectivity index (χ1n) is 5.54. The van der Waals surface area contributed by atoms with Crippen molar-refractivity contribution in [3.05, 3.63) is 34.3 Å². The third-order valence-electron chi connectivity index (χ3n) is 2.82. The smallest absolute Gasteiger partial charge is 0.255 e. The van der Waals surface area contributed by atoms with E-state index < -0.39 is 11.9 Å². The van der Waals surface area contributed by atoms with Crippen molar-refractivity contribution in [2.45, 2.75) is 6.04 Å². The summed E-state index contributed by atoms with van der Waals surface area (Å²) in [6.07, 6.45) is 0. The molecule has 5 nitrogen and oxygen atoms in total. The third-order valence-corrected chi connectivity index (χ3v) is 3.51. The van der Waals surface area contributed by atoms with Crippen molar-refractivity contribution in [2.24, 2.45) is 5.73 Å². The maximum atomic E-state index is 12.4. The van der Waals surface area contributed by atoms with Crippen LogP contribution in [0.1, 0.15) is 10.4 Å². The average molecular weight is 313 g/mol. The lowest BCUT2D eigenvalue weighted by Crippen LogP contribution is -2.54. The van der Waals surface area contributed by atoms with E-state index in [2.05, 4.69) is 15.9 Å². The number of hydrogen-bond donors (Lipinski definition) is 1. The van der Waals surface area contributed by atoms with E-state index in [0.717, 1.165) is 0 Å². The van der Waals surface area contributed by atoms with Crippen LogP contribution in [0.3, 0.4) is 0 Å². The summed E-state index contributed by atoms with van der Waals surface area (Å²) in [6.45, 7) is 0.944. The summed E-state index contributed by atoms with van der Waals surface area (Å²) < 4.78 is 5.88. The largest absolute Gasteiger partial charge is 0.377 e. The summed E-state index contributed by atoms with van der Waals surface area (Å²) in [5, 5.41) is 0. The van der Waals surface area contributed by atoms with Gasteiger partial charge in [0.05, 0.1) is 18.8 Å². The molecule has 0 aliphatic carbocycles. The summed E-state index contributed by atoms with van der Waals surface area (Å²) in [5.74, 6) is -0.760. The zero-order valence-electron chi connectivity index (χ0n) is 9.64. The Balaban J connectivity index is 2.27. The van der Waals surface area contributed by atoms with E-state index in [9.17, 15) is 9.59 Å². The highest BCUT2D eigenvalue weighted by Crippen LogP contribution is 2.20. The molecule has 1 unspecified atom stereocenters. The Morgan fingerprint density at radius 2 is 2.11 bits per heavy atom. The Morgan fingerprint density at radius 3 is 2.78 bits per heavy atom. The molecule has 0 bridgehead atoms. The van der Waals surface area contributed by atoms with Gasteiger partial charge in [-0.3, -0.25) is 9.59 Å². The van der Waals surface area contributed by atoms with Gasteiger partial charge in [-0.25, -0.2) is 0 Å². The van der Waals surface area contributed by atoms with Crippen LogP contribution in [0, 0.1) is 0 Å². The predicted molar refractivity (Wildman–Crippen MR) is 69.0 cm³/mol. The van der Waals surface area contributed by atoms with Crippen molar-refractivity contribution in [3.63, 3.8) is 0 Å². The lowest BCUT2D eigenvalue weighted by molar-refractivity contribution is -0.127. The molecule has 96 valence electrons. The van der Waals surface area contributed by atoms with Crippen LogP contribution in [-0.2, 0) is 9.53 Å². The molecule has 1 aromatic carbocycles. The molecular formula is C12H13BrN2O3. The van der Waals surface area contributed by atoms with Gasteiger partial charge in [0.2, 0.25) is 5.91 Å². The first-order valence-corrected chi connectivity index (χ1v) is 6.33. The monoisotopic (exact) mass is 312 g/mol. The number of nitrogens with two attached hydrogens (primary N) is 1. The maximum Gasteiger partial charge on any atom is 0.255 e. The lowest BCUT2D eigenvalue weighted by atomic mass is 10.1. The topological polar surface area (TPSA) is 72.6 Å². The van der Waals surface area contributed by atoms with E-state index in [1.807, 2.05) is 6.07 Å². The van der Waals surface area contributed by atoms with Gasteiger partial charge < -0.3 is 15.4 Å². The van der Waals surface area contributed by atoms with E-state index in [0.29, 0.717) is 23.2 Å². The van der Waals surface area contributed by atoms with Crippen LogP contribution in [0.25, 0.3) is 0 Å². The molecule has 1 heterocycles. The molecular weight excluding hydrogens is 300 g/mol. The number of halogens is 1. The highest BCUT2D eigenvalue weighted by atomic mass is 79.9. The van der Waals surface area contributed by atoms with E-state index in [1.165, 1.54) is 4.90 Å². The number of rotatable bonds is 2. The quantitative estimate of drug-likeness (QED) is 0.877. The van der Waals surface area contributed by atoms with Gasteiger partial charge in [0.1, 0.15) is 6.04 Å². The van der Waals surface area contributed by atoms with Crippen LogP contribution in [0.5, 0.6) is 0 Å². The number of ether oxygens (including phenoxy) is 1. The zero-order chi connectivity index (χ0) is 13.1. The summed E-state index contributed by atoms with van der Waals surface area (Å²) in [6, 6.07) is 6.40. The van der Waals surface area contributed by atoms with E-state index >= 15 is 0 Å². The maximum absolute atomic E-state index is 12.4. The second-order valence-electron chi connectivity index (χ2n) is 3.97. The minimum Gasteiger partial charge on any atom is -0.377 e. The van der Waals surface area contributed by atoms with Gasteiger partial charge in [0.25, 0.3) is 5.91 Å². The van der Waals surface area contributed by atoms with Crippen LogP contribution in [0.2, 0.25) is 0 Å². The first-order chi connectivity index (χ1) is 8.61. The molecule has 2 amide bonds. The normalized spacial score (nSPS) is 19.6. The Bertz CT molecular complexity index is 478. The number of nitrogens with zero attached hydrogens (tertiary/aromatic N) is 1. The second kappa shape index (κ2) is 5.49. The highest BCUT2D eigenvalue weighted by Gasteiger charge is 2.32. The van der Waals surface area contributed by atoms with Crippen LogP contribution in [-0.4, -0.2) is 42.5 Å². The van der Waals surface area contributed by atoms with Crippen molar-refractivity contribution < 1.29 is 14.3 Å². The minimum absolute atomic E-state index is 0.158. The molecule has 0 spiro atoms. The molecule has 0 radical (unpaired) electrons. The molecule has 18 heavy (non-hydrogen) atoms. The molecule has 1 fully saturated rings. The van der Waals surface area contributed by atoms with Crippen molar-refractivity contribution >= 4 is 27.7 Å². The number of morpholine rings is 1. The van der Waals surface area contributed by atoms with Gasteiger partial charge in [-0.05, 0) is 28.1 Å². The fourth-order valence-corrected chi connectivity index (χ4v) is 2.33. The van der Waals surface area contributed by atoms with E-state index in [-0.39, 0.29) is 12.5 Å². The molecule has 0 saturated carbocycles. The van der Waals surface area contributed by atoms with Crippen molar-refractivity contribution in [2.75, 3.05) is 19.8 Å². The van der Waals surface area contributed by atoms with Crippen molar-refractivity contribution in [3.8, 4) is 0 Å². The zero-order valence-corrected chi connectivity index (χ0v) is 11.2. The lowest BCUT2D eigenvalue weighted by Gasteiger charge is -2.33. The van der Waals surface area contributed by atoms with Crippen LogP contribution >= 0.6 is 15.9 Å². The molecule has 1 aliphatic rings. The van der Waals surface area contributed by atoms with Gasteiger partial charge >= 0.3 is 0 Å². The summed E-state index contributed by atoms with van der Waals surface area (Å²) in [7, 11) is 0. The number of primary amides is 1. The van der Waals surface area contributed by atoms with Gasteiger partial charge in [-0.2, -0.15) is 0 Å². The van der Waals surface area contributed by atoms with Gasteiger partial charge in [0, 0.05) is 11.0 Å². The van der Waals surface area contributed by atoms with Crippen LogP contribution in [0.4, 0.5) is 0 Å². The number of carbonyl (C=O) groups excluding carboxylic acids is 2. The van der Waals surface area contributed by atoms with Crippen molar-refractivity contribution in [1.29, 1.82) is 0 Å². The number of carbonyl (C=O) groups is 2. The third kappa shape index (κ3) is 2.54. The van der Waals surface area contributed by atoms with Crippen LogP contribution in [0.15, 0.2) is 28.7 Å². The van der Waals surface area contributed by atoms with E-state index in [4.69, 9.17) is 10.5 Å². The molecule has 1 atom stereocenters. The molecule has 1 aromatic rings. The Hall–Kier alpha value is -1.40. The first kappa shape index (κ1) is 13.0. The average Bonchev–Trinajstić information content (AvgIpc) is 2.38. The SMILES string of the molecule is NC(=O)C1COCCN1C(=O)c1ccccc1Br. The fourth-order valence-electron chi connectivity index (χ4n) is 1.87. The number of hydrogen-bond acceptors (Lipinski definition) is 3.